The lowest BCUT2D eigenvalue weighted by molar-refractivity contribution is 0.102. The van der Waals surface area contributed by atoms with Gasteiger partial charge in [-0.1, -0.05) is 0 Å². The summed E-state index contributed by atoms with van der Waals surface area (Å²) in [6.07, 6.45) is 3.21. The number of nitrogen functional groups attached to an aromatic ring is 1. The smallest absolute Gasteiger partial charge is 0.257 e. The molecule has 0 fully saturated rings. The number of nitrogens with zero attached hydrogens (tertiary/aromatic N) is 1. The summed E-state index contributed by atoms with van der Waals surface area (Å²) < 4.78 is 0. The molecule has 4 N–H and O–H groups in total. The number of benzene rings is 1. The monoisotopic (exact) mass is 243 g/mol. The first-order chi connectivity index (χ1) is 8.58. The number of nitrogens with one attached hydrogen (secondary N) is 1. The van der Waals surface area contributed by atoms with Gasteiger partial charge in [-0.05, 0) is 36.8 Å². The van der Waals surface area contributed by atoms with Crippen LogP contribution in [0.15, 0.2) is 36.7 Å². The largest absolute Gasteiger partial charge is 0.508 e. The van der Waals surface area contributed by atoms with Gasteiger partial charge in [-0.15, -0.1) is 0 Å². The summed E-state index contributed by atoms with van der Waals surface area (Å²) in [5.74, 6) is -0.378. The summed E-state index contributed by atoms with van der Waals surface area (Å²) in [5, 5.41) is 12.1. The minimum absolute atomic E-state index is 0.00254. The lowest BCUT2D eigenvalue weighted by Crippen LogP contribution is -2.14. The van der Waals surface area contributed by atoms with Crippen LogP contribution < -0.4 is 11.1 Å². The van der Waals surface area contributed by atoms with E-state index in [-0.39, 0.29) is 17.2 Å². The van der Waals surface area contributed by atoms with E-state index in [2.05, 4.69) is 10.3 Å². The summed E-state index contributed by atoms with van der Waals surface area (Å²) in [6, 6.07) is 6.04. The Hall–Kier alpha value is -2.56. The van der Waals surface area contributed by atoms with Crippen molar-refractivity contribution < 1.29 is 9.90 Å². The predicted octanol–water partition coefficient (Wildman–Crippen LogP) is 1.93. The number of pyridine rings is 1. The molecule has 2 rings (SSSR count). The van der Waals surface area contributed by atoms with Crippen LogP contribution in [-0.2, 0) is 0 Å². The average molecular weight is 243 g/mol. The van der Waals surface area contributed by atoms with E-state index in [1.807, 2.05) is 6.92 Å². The molecule has 92 valence electrons. The lowest BCUT2D eigenvalue weighted by atomic mass is 10.1. The Morgan fingerprint density at radius 1 is 1.39 bits per heavy atom. The van der Waals surface area contributed by atoms with Crippen molar-refractivity contribution in [2.24, 2.45) is 0 Å². The third kappa shape index (κ3) is 2.40. The number of nitrogens with two attached hydrogens (primary N) is 1. The quantitative estimate of drug-likeness (QED) is 0.555. The number of aryl methyl sites for hydroxylation is 1. The van der Waals surface area contributed by atoms with Crippen molar-refractivity contribution >= 4 is 17.3 Å². The molecule has 2 aromatic rings. The molecule has 5 nitrogen and oxygen atoms in total. The molecule has 0 aliphatic heterocycles. The van der Waals surface area contributed by atoms with Crippen molar-refractivity contribution in [1.29, 1.82) is 0 Å². The first-order valence-corrected chi connectivity index (χ1v) is 5.38. The van der Waals surface area contributed by atoms with Crippen molar-refractivity contribution in [3.05, 3.63) is 47.8 Å². The van der Waals surface area contributed by atoms with E-state index in [4.69, 9.17) is 5.73 Å². The second kappa shape index (κ2) is 4.75. The third-order valence-electron chi connectivity index (χ3n) is 2.57. The number of anilines is 2. The van der Waals surface area contributed by atoms with Gasteiger partial charge in [0.05, 0.1) is 17.4 Å². The number of carbonyl (C=O) groups is 1. The molecular formula is C13H13N3O2. The van der Waals surface area contributed by atoms with Gasteiger partial charge in [-0.25, -0.2) is 0 Å². The molecule has 0 radical (unpaired) electrons. The van der Waals surface area contributed by atoms with Crippen molar-refractivity contribution in [2.45, 2.75) is 6.92 Å². The van der Waals surface area contributed by atoms with E-state index in [1.54, 1.807) is 18.5 Å². The first kappa shape index (κ1) is 11.9. The molecule has 0 unspecified atom stereocenters. The van der Waals surface area contributed by atoms with Crippen LogP contribution in [0.3, 0.4) is 0 Å². The van der Waals surface area contributed by atoms with Gasteiger partial charge in [-0.2, -0.15) is 0 Å². The zero-order valence-corrected chi connectivity index (χ0v) is 9.84. The number of hydrogen-bond donors (Lipinski definition) is 3. The normalized spacial score (nSPS) is 10.1. The maximum Gasteiger partial charge on any atom is 0.257 e. The van der Waals surface area contributed by atoms with Gasteiger partial charge >= 0.3 is 0 Å². The van der Waals surface area contributed by atoms with Crippen molar-refractivity contribution in [3.8, 4) is 5.75 Å². The van der Waals surface area contributed by atoms with E-state index >= 15 is 0 Å². The van der Waals surface area contributed by atoms with E-state index in [1.165, 1.54) is 18.2 Å². The molecule has 5 heteroatoms. The molecule has 0 saturated heterocycles. The molecule has 0 aliphatic rings. The van der Waals surface area contributed by atoms with Crippen molar-refractivity contribution in [3.63, 3.8) is 0 Å². The minimum atomic E-state index is -0.375. The fourth-order valence-electron chi connectivity index (χ4n) is 1.53. The van der Waals surface area contributed by atoms with Crippen LogP contribution in [0.5, 0.6) is 5.75 Å². The number of aromatic nitrogens is 1. The first-order valence-electron chi connectivity index (χ1n) is 5.38. The Kier molecular flexibility index (Phi) is 3.14. The van der Waals surface area contributed by atoms with Gasteiger partial charge in [0.25, 0.3) is 5.91 Å². The highest BCUT2D eigenvalue weighted by atomic mass is 16.3. The standard InChI is InChI=1S/C13H13N3O2/c1-8-4-5-15-7-12(8)16-13(18)10-6-9(17)2-3-11(10)14/h2-7,17H,14H2,1H3,(H,16,18). The van der Waals surface area contributed by atoms with Crippen molar-refractivity contribution in [2.75, 3.05) is 11.1 Å². The van der Waals surface area contributed by atoms with E-state index < -0.39 is 0 Å². The van der Waals surface area contributed by atoms with E-state index in [9.17, 15) is 9.90 Å². The highest BCUT2D eigenvalue weighted by Crippen LogP contribution is 2.20. The highest BCUT2D eigenvalue weighted by molar-refractivity contribution is 6.08. The second-order valence-corrected chi connectivity index (χ2v) is 3.92. The summed E-state index contributed by atoms with van der Waals surface area (Å²) >= 11 is 0. The van der Waals surface area contributed by atoms with Gasteiger partial charge in [0.15, 0.2) is 0 Å². The highest BCUT2D eigenvalue weighted by Gasteiger charge is 2.11. The van der Waals surface area contributed by atoms with Crippen LogP contribution in [0.2, 0.25) is 0 Å². The Morgan fingerprint density at radius 2 is 2.17 bits per heavy atom. The molecule has 18 heavy (non-hydrogen) atoms. The third-order valence-corrected chi connectivity index (χ3v) is 2.57. The molecule has 0 saturated carbocycles. The summed E-state index contributed by atoms with van der Waals surface area (Å²) in [4.78, 5) is 15.9. The van der Waals surface area contributed by atoms with Crippen LogP contribution in [0.1, 0.15) is 15.9 Å². The molecule has 1 amide bonds. The van der Waals surface area contributed by atoms with Crippen LogP contribution >= 0.6 is 0 Å². The molecule has 1 heterocycles. The van der Waals surface area contributed by atoms with E-state index in [0.29, 0.717) is 11.4 Å². The predicted molar refractivity (Wildman–Crippen MR) is 69.4 cm³/mol. The molecule has 0 bridgehead atoms. The minimum Gasteiger partial charge on any atom is -0.508 e. The Morgan fingerprint density at radius 3 is 2.89 bits per heavy atom. The number of amides is 1. The topological polar surface area (TPSA) is 88.2 Å². The van der Waals surface area contributed by atoms with Gasteiger partial charge in [0.2, 0.25) is 0 Å². The molecule has 0 spiro atoms. The maximum atomic E-state index is 12.0. The maximum absolute atomic E-state index is 12.0. The number of aromatic hydroxyl groups is 1. The van der Waals surface area contributed by atoms with E-state index in [0.717, 1.165) is 5.56 Å². The van der Waals surface area contributed by atoms with Gasteiger partial charge in [0, 0.05) is 11.9 Å². The zero-order valence-electron chi connectivity index (χ0n) is 9.84. The number of phenolic OH excluding ortho intramolecular Hbond substituents is 1. The molecule has 1 aromatic heterocycles. The van der Waals surface area contributed by atoms with Crippen LogP contribution in [0.4, 0.5) is 11.4 Å². The van der Waals surface area contributed by atoms with Gasteiger partial charge in [0.1, 0.15) is 5.75 Å². The lowest BCUT2D eigenvalue weighted by Gasteiger charge is -2.09. The summed E-state index contributed by atoms with van der Waals surface area (Å²) in [5.41, 5.74) is 7.76. The SMILES string of the molecule is Cc1ccncc1NC(=O)c1cc(O)ccc1N. The molecular weight excluding hydrogens is 230 g/mol. The number of phenols is 1. The molecule has 0 atom stereocenters. The van der Waals surface area contributed by atoms with Gasteiger partial charge < -0.3 is 16.2 Å². The fraction of sp³-hybridized carbons (Fsp3) is 0.0769. The summed E-state index contributed by atoms with van der Waals surface area (Å²) in [6.45, 7) is 1.86. The van der Waals surface area contributed by atoms with Crippen LogP contribution in [-0.4, -0.2) is 16.0 Å². The van der Waals surface area contributed by atoms with Gasteiger partial charge in [-0.3, -0.25) is 9.78 Å². The van der Waals surface area contributed by atoms with Crippen molar-refractivity contribution in [1.82, 2.24) is 4.98 Å². The average Bonchev–Trinajstić information content (AvgIpc) is 2.35. The fourth-order valence-corrected chi connectivity index (χ4v) is 1.53. The van der Waals surface area contributed by atoms with Crippen LogP contribution in [0, 0.1) is 6.92 Å². The number of hydrogen-bond acceptors (Lipinski definition) is 4. The Bertz CT molecular complexity index is 597. The van der Waals surface area contributed by atoms with Crippen LogP contribution in [0.25, 0.3) is 0 Å². The second-order valence-electron chi connectivity index (χ2n) is 3.92. The number of rotatable bonds is 2. The molecule has 0 aliphatic carbocycles. The number of carbonyl (C=O) groups excluding carboxylic acids is 1. The zero-order chi connectivity index (χ0) is 13.1. The Labute approximate surface area is 104 Å². The molecule has 1 aromatic carbocycles. The summed E-state index contributed by atoms with van der Waals surface area (Å²) in [7, 11) is 0. The Balaban J connectivity index is 2.28.